The summed E-state index contributed by atoms with van der Waals surface area (Å²) >= 11 is 0. The maximum absolute atomic E-state index is 11.0. The van der Waals surface area contributed by atoms with Gasteiger partial charge in [0.05, 0.1) is 31.5 Å². The summed E-state index contributed by atoms with van der Waals surface area (Å²) in [6, 6.07) is 7.91. The van der Waals surface area contributed by atoms with Gasteiger partial charge in [0.25, 0.3) is 0 Å². The number of ether oxygens (including phenoxy) is 1. The molecule has 1 saturated heterocycles. The first-order valence-electron chi connectivity index (χ1n) is 9.42. The monoisotopic (exact) mass is 367 g/mol. The quantitative estimate of drug-likeness (QED) is 0.648. The van der Waals surface area contributed by atoms with Gasteiger partial charge in [-0.3, -0.25) is 4.90 Å². The molecule has 1 aromatic carbocycles. The van der Waals surface area contributed by atoms with E-state index in [4.69, 9.17) is 20.4 Å². The summed E-state index contributed by atoms with van der Waals surface area (Å²) in [5.74, 6) is 1.71. The number of aldehydes is 1. The summed E-state index contributed by atoms with van der Waals surface area (Å²) in [4.78, 5) is 25.2. The minimum absolute atomic E-state index is 0.269. The standard InChI is InChI=1S/C20H25N5O2/c1-14-13-27-11-9-25(14)20-17-6-7-24(8-10-26)12-18(17)22-19(23-20)15-2-4-16(21)5-3-15/h2-5,10,14H,6-9,11-13,21H2,1H3. The van der Waals surface area contributed by atoms with Crippen LogP contribution in [0.1, 0.15) is 18.2 Å². The van der Waals surface area contributed by atoms with Crippen molar-refractivity contribution in [2.45, 2.75) is 25.9 Å². The second-order valence-electron chi connectivity index (χ2n) is 7.19. The van der Waals surface area contributed by atoms with Crippen LogP contribution in [0.4, 0.5) is 11.5 Å². The largest absolute Gasteiger partial charge is 0.399 e. The summed E-state index contributed by atoms with van der Waals surface area (Å²) in [7, 11) is 0. The number of morpholine rings is 1. The van der Waals surface area contributed by atoms with E-state index in [1.165, 1.54) is 5.56 Å². The Bertz CT molecular complexity index is 824. The highest BCUT2D eigenvalue weighted by atomic mass is 16.5. The van der Waals surface area contributed by atoms with Crippen molar-refractivity contribution in [2.24, 2.45) is 0 Å². The molecule has 0 amide bonds. The van der Waals surface area contributed by atoms with E-state index in [9.17, 15) is 4.79 Å². The first-order valence-corrected chi connectivity index (χ1v) is 9.42. The molecule has 1 fully saturated rings. The van der Waals surface area contributed by atoms with E-state index in [0.29, 0.717) is 32.1 Å². The van der Waals surface area contributed by atoms with Crippen LogP contribution in [0.25, 0.3) is 11.4 Å². The van der Waals surface area contributed by atoms with Gasteiger partial charge in [-0.2, -0.15) is 0 Å². The number of hydrogen-bond acceptors (Lipinski definition) is 7. The van der Waals surface area contributed by atoms with E-state index in [2.05, 4.69) is 16.7 Å². The molecule has 2 aromatic rings. The minimum Gasteiger partial charge on any atom is -0.399 e. The predicted molar refractivity (Wildman–Crippen MR) is 105 cm³/mol. The highest BCUT2D eigenvalue weighted by molar-refractivity contribution is 5.63. The number of fused-ring (bicyclic) bond motifs is 1. The summed E-state index contributed by atoms with van der Waals surface area (Å²) in [5.41, 5.74) is 9.71. The molecule has 0 spiro atoms. The smallest absolute Gasteiger partial charge is 0.161 e. The molecule has 0 saturated carbocycles. The number of nitrogens with zero attached hydrogens (tertiary/aromatic N) is 4. The van der Waals surface area contributed by atoms with Crippen LogP contribution in [0.2, 0.25) is 0 Å². The van der Waals surface area contributed by atoms with Gasteiger partial charge in [0.2, 0.25) is 0 Å². The van der Waals surface area contributed by atoms with Crippen molar-refractivity contribution in [1.82, 2.24) is 14.9 Å². The van der Waals surface area contributed by atoms with E-state index >= 15 is 0 Å². The highest BCUT2D eigenvalue weighted by Crippen LogP contribution is 2.31. The molecule has 1 atom stereocenters. The van der Waals surface area contributed by atoms with Crippen molar-refractivity contribution in [2.75, 3.05) is 43.5 Å². The topological polar surface area (TPSA) is 84.6 Å². The predicted octanol–water partition coefficient (Wildman–Crippen LogP) is 1.51. The number of carbonyl (C=O) groups excluding carboxylic acids is 1. The van der Waals surface area contributed by atoms with Crippen LogP contribution in [0.5, 0.6) is 0 Å². The Morgan fingerprint density at radius 2 is 2.07 bits per heavy atom. The van der Waals surface area contributed by atoms with Gasteiger partial charge in [-0.05, 0) is 37.6 Å². The van der Waals surface area contributed by atoms with Gasteiger partial charge >= 0.3 is 0 Å². The lowest BCUT2D eigenvalue weighted by Crippen LogP contribution is -2.45. The Hall–Kier alpha value is -2.51. The molecule has 2 aliphatic rings. The number of rotatable bonds is 4. The Balaban J connectivity index is 1.79. The number of nitrogens with two attached hydrogens (primary N) is 1. The fraction of sp³-hybridized carbons (Fsp3) is 0.450. The van der Waals surface area contributed by atoms with Crippen molar-refractivity contribution < 1.29 is 9.53 Å². The lowest BCUT2D eigenvalue weighted by Gasteiger charge is -2.37. The van der Waals surface area contributed by atoms with Gasteiger partial charge in [-0.25, -0.2) is 9.97 Å². The lowest BCUT2D eigenvalue weighted by molar-refractivity contribution is -0.109. The molecule has 142 valence electrons. The molecule has 0 radical (unpaired) electrons. The molecule has 1 aromatic heterocycles. The number of nitrogen functional groups attached to an aromatic ring is 1. The molecule has 2 aliphatic heterocycles. The third-order valence-corrected chi connectivity index (χ3v) is 5.26. The van der Waals surface area contributed by atoms with Gasteiger partial charge in [0.15, 0.2) is 5.82 Å². The molecule has 0 aliphatic carbocycles. The second-order valence-corrected chi connectivity index (χ2v) is 7.19. The minimum atomic E-state index is 0.269. The molecule has 3 heterocycles. The Morgan fingerprint density at radius 3 is 2.81 bits per heavy atom. The van der Waals surface area contributed by atoms with Crippen LogP contribution in [-0.4, -0.2) is 60.0 Å². The Morgan fingerprint density at radius 1 is 1.26 bits per heavy atom. The molecular formula is C20H25N5O2. The van der Waals surface area contributed by atoms with Crippen LogP contribution < -0.4 is 10.6 Å². The molecular weight excluding hydrogens is 342 g/mol. The summed E-state index contributed by atoms with van der Waals surface area (Å²) < 4.78 is 5.61. The number of carbonyl (C=O) groups is 1. The van der Waals surface area contributed by atoms with Crippen molar-refractivity contribution >= 4 is 17.8 Å². The molecule has 7 heteroatoms. The number of hydrogen-bond donors (Lipinski definition) is 1. The molecule has 7 nitrogen and oxygen atoms in total. The van der Waals surface area contributed by atoms with E-state index in [1.54, 1.807) is 0 Å². The van der Waals surface area contributed by atoms with Crippen molar-refractivity contribution in [1.29, 1.82) is 0 Å². The molecule has 4 rings (SSSR count). The maximum Gasteiger partial charge on any atom is 0.161 e. The van der Waals surface area contributed by atoms with Crippen molar-refractivity contribution in [3.05, 3.63) is 35.5 Å². The van der Waals surface area contributed by atoms with E-state index in [-0.39, 0.29) is 6.04 Å². The summed E-state index contributed by atoms with van der Waals surface area (Å²) in [6.45, 7) is 6.35. The fourth-order valence-electron chi connectivity index (χ4n) is 3.77. The molecule has 2 N–H and O–H groups in total. The van der Waals surface area contributed by atoms with Crippen LogP contribution in [0.15, 0.2) is 24.3 Å². The third-order valence-electron chi connectivity index (χ3n) is 5.26. The van der Waals surface area contributed by atoms with E-state index in [1.807, 2.05) is 24.3 Å². The first kappa shape index (κ1) is 17.9. The van der Waals surface area contributed by atoms with Crippen molar-refractivity contribution in [3.63, 3.8) is 0 Å². The van der Waals surface area contributed by atoms with E-state index < -0.39 is 0 Å². The average Bonchev–Trinajstić information content (AvgIpc) is 2.68. The summed E-state index contributed by atoms with van der Waals surface area (Å²) in [5, 5.41) is 0. The third kappa shape index (κ3) is 3.65. The highest BCUT2D eigenvalue weighted by Gasteiger charge is 2.28. The number of benzene rings is 1. The van der Waals surface area contributed by atoms with E-state index in [0.717, 1.165) is 48.6 Å². The van der Waals surface area contributed by atoms with Crippen molar-refractivity contribution in [3.8, 4) is 11.4 Å². The Kier molecular flexibility index (Phi) is 5.05. The lowest BCUT2D eigenvalue weighted by atomic mass is 10.0. The molecule has 0 bridgehead atoms. The van der Waals surface area contributed by atoms with Crippen LogP contribution in [0, 0.1) is 0 Å². The van der Waals surface area contributed by atoms with Crippen LogP contribution in [0.3, 0.4) is 0 Å². The molecule has 1 unspecified atom stereocenters. The number of aromatic nitrogens is 2. The fourth-order valence-corrected chi connectivity index (χ4v) is 3.77. The van der Waals surface area contributed by atoms with Crippen LogP contribution in [-0.2, 0) is 22.5 Å². The summed E-state index contributed by atoms with van der Waals surface area (Å²) in [6.07, 6.45) is 1.81. The molecule has 27 heavy (non-hydrogen) atoms. The van der Waals surface area contributed by atoms with Gasteiger partial charge in [-0.15, -0.1) is 0 Å². The van der Waals surface area contributed by atoms with Gasteiger partial charge in [-0.1, -0.05) is 0 Å². The Labute approximate surface area is 159 Å². The zero-order valence-corrected chi connectivity index (χ0v) is 15.6. The van der Waals surface area contributed by atoms with Gasteiger partial charge in [0.1, 0.15) is 12.1 Å². The first-order chi connectivity index (χ1) is 13.2. The van der Waals surface area contributed by atoms with Crippen LogP contribution >= 0.6 is 0 Å². The zero-order chi connectivity index (χ0) is 18.8. The number of anilines is 2. The average molecular weight is 367 g/mol. The SMILES string of the molecule is CC1COCCN1c1nc(-c2ccc(N)cc2)nc2c1CCN(CC=O)C2. The second kappa shape index (κ2) is 7.62. The normalized spacial score (nSPS) is 20.3. The van der Waals surface area contributed by atoms with Gasteiger partial charge < -0.3 is 20.2 Å². The van der Waals surface area contributed by atoms with Gasteiger partial charge in [0, 0.05) is 36.4 Å². The zero-order valence-electron chi connectivity index (χ0n) is 15.6. The maximum atomic E-state index is 11.0.